The van der Waals surface area contributed by atoms with Gasteiger partial charge in [-0.15, -0.1) is 5.10 Å². The van der Waals surface area contributed by atoms with Crippen LogP contribution < -0.4 is 4.74 Å². The lowest BCUT2D eigenvalue weighted by Gasteiger charge is -2.34. The number of piperazine rings is 1. The third-order valence-corrected chi connectivity index (χ3v) is 6.18. The lowest BCUT2D eigenvalue weighted by Crippen LogP contribution is -2.48. The molecule has 0 aliphatic carbocycles. The lowest BCUT2D eigenvalue weighted by molar-refractivity contribution is -0.130. The number of halogens is 2. The molecule has 0 saturated carbocycles. The Balaban J connectivity index is 1.47. The largest absolute Gasteiger partial charge is 0.476 e. The van der Waals surface area contributed by atoms with Gasteiger partial charge in [-0.3, -0.25) is 9.69 Å². The van der Waals surface area contributed by atoms with Crippen molar-refractivity contribution in [3.05, 3.63) is 39.5 Å². The molecule has 2 aromatic rings. The van der Waals surface area contributed by atoms with Gasteiger partial charge in [0.2, 0.25) is 11.8 Å². The van der Waals surface area contributed by atoms with Crippen molar-refractivity contribution in [1.29, 1.82) is 0 Å². The molecule has 0 unspecified atom stereocenters. The van der Waals surface area contributed by atoms with E-state index >= 15 is 0 Å². The van der Waals surface area contributed by atoms with Crippen LogP contribution in [0.4, 0.5) is 0 Å². The van der Waals surface area contributed by atoms with Gasteiger partial charge in [0.05, 0.1) is 22.3 Å². The molecule has 0 N–H and O–H groups in total. The van der Waals surface area contributed by atoms with E-state index in [9.17, 15) is 4.79 Å². The zero-order valence-corrected chi connectivity index (χ0v) is 18.8. The van der Waals surface area contributed by atoms with Crippen molar-refractivity contribution in [2.45, 2.75) is 33.6 Å². The number of amides is 1. The number of hydrogen-bond donors (Lipinski definition) is 0. The third-order valence-electron chi connectivity index (χ3n) is 5.44. The van der Waals surface area contributed by atoms with Crippen molar-refractivity contribution >= 4 is 29.1 Å². The van der Waals surface area contributed by atoms with E-state index in [0.717, 1.165) is 62.5 Å². The predicted octanol–water partition coefficient (Wildman–Crippen LogP) is 4.12. The molecule has 1 amide bonds. The van der Waals surface area contributed by atoms with Gasteiger partial charge < -0.3 is 9.64 Å². The van der Waals surface area contributed by atoms with Crippen molar-refractivity contribution in [3.63, 3.8) is 0 Å². The zero-order chi connectivity index (χ0) is 21.0. The summed E-state index contributed by atoms with van der Waals surface area (Å²) in [4.78, 5) is 15.7. The molecule has 1 aliphatic heterocycles. The number of nitrogens with zero attached hydrogens (tertiary/aromatic N) is 4. The summed E-state index contributed by atoms with van der Waals surface area (Å²) in [5.74, 6) is 0.827. The molecule has 0 bridgehead atoms. The summed E-state index contributed by atoms with van der Waals surface area (Å²) in [6, 6.07) is 5.47. The van der Waals surface area contributed by atoms with Crippen LogP contribution in [-0.2, 0) is 4.79 Å². The molecule has 8 heteroatoms. The normalized spacial score (nSPS) is 15.0. The number of carbonyl (C=O) groups is 1. The fraction of sp³-hybridized carbons (Fsp3) is 0.524. The molecular weight excluding hydrogens is 411 g/mol. The van der Waals surface area contributed by atoms with E-state index in [0.29, 0.717) is 22.5 Å². The number of carbonyl (C=O) groups excluding carboxylic acids is 1. The number of aromatic nitrogens is 2. The second-order valence-corrected chi connectivity index (χ2v) is 8.24. The van der Waals surface area contributed by atoms with E-state index in [1.165, 1.54) is 0 Å². The lowest BCUT2D eigenvalue weighted by atomic mass is 10.2. The molecule has 0 atom stereocenters. The number of ether oxygens (including phenoxy) is 1. The number of hydrogen-bond acceptors (Lipinski definition) is 4. The predicted molar refractivity (Wildman–Crippen MR) is 116 cm³/mol. The molecular formula is C21H28Cl2N4O2. The molecule has 0 spiro atoms. The first-order chi connectivity index (χ1) is 13.9. The average Bonchev–Trinajstić information content (AvgIpc) is 2.99. The van der Waals surface area contributed by atoms with E-state index in [-0.39, 0.29) is 5.91 Å². The summed E-state index contributed by atoms with van der Waals surface area (Å²) >= 11 is 12.2. The first kappa shape index (κ1) is 21.9. The molecule has 1 aliphatic rings. The van der Waals surface area contributed by atoms with Gasteiger partial charge in [-0.2, -0.15) is 0 Å². The van der Waals surface area contributed by atoms with Crippen LogP contribution in [0.1, 0.15) is 31.0 Å². The summed E-state index contributed by atoms with van der Waals surface area (Å²) in [6.45, 7) is 10.9. The molecule has 3 rings (SSSR count). The van der Waals surface area contributed by atoms with E-state index in [1.807, 2.05) is 29.5 Å². The molecule has 1 fully saturated rings. The number of benzene rings is 1. The number of rotatable bonds is 7. The number of unbranched alkanes of at least 4 members (excludes halogenated alkanes) is 1. The monoisotopic (exact) mass is 438 g/mol. The van der Waals surface area contributed by atoms with Crippen LogP contribution in [0.3, 0.4) is 0 Å². The van der Waals surface area contributed by atoms with Gasteiger partial charge in [0.1, 0.15) is 0 Å². The van der Waals surface area contributed by atoms with Crippen molar-refractivity contribution in [2.24, 2.45) is 0 Å². The molecule has 1 aromatic heterocycles. The molecule has 1 saturated heterocycles. The highest BCUT2D eigenvalue weighted by atomic mass is 35.5. The van der Waals surface area contributed by atoms with Crippen LogP contribution in [0, 0.1) is 13.8 Å². The van der Waals surface area contributed by atoms with Crippen molar-refractivity contribution in [1.82, 2.24) is 19.6 Å². The average molecular weight is 439 g/mol. The highest BCUT2D eigenvalue weighted by Gasteiger charge is 2.18. The summed E-state index contributed by atoms with van der Waals surface area (Å²) in [5, 5.41) is 5.63. The summed E-state index contributed by atoms with van der Waals surface area (Å²) in [6.07, 6.45) is 2.02. The Bertz CT molecular complexity index is 861. The fourth-order valence-electron chi connectivity index (χ4n) is 3.45. The second-order valence-electron chi connectivity index (χ2n) is 7.43. The Hall–Kier alpha value is -1.76. The van der Waals surface area contributed by atoms with E-state index in [1.54, 1.807) is 19.1 Å². The smallest absolute Gasteiger partial charge is 0.236 e. The minimum Gasteiger partial charge on any atom is -0.476 e. The van der Waals surface area contributed by atoms with Crippen LogP contribution >= 0.6 is 23.2 Å². The Kier molecular flexibility index (Phi) is 7.44. The van der Waals surface area contributed by atoms with Crippen LogP contribution in [0.25, 0.3) is 5.69 Å². The highest BCUT2D eigenvalue weighted by Crippen LogP contribution is 2.28. The fourth-order valence-corrected chi connectivity index (χ4v) is 3.74. The maximum atomic E-state index is 11.4. The Morgan fingerprint density at radius 2 is 1.83 bits per heavy atom. The maximum Gasteiger partial charge on any atom is 0.236 e. The Morgan fingerprint density at radius 1 is 1.10 bits per heavy atom. The molecule has 6 nitrogen and oxygen atoms in total. The Labute approximate surface area is 182 Å². The molecule has 2 heterocycles. The first-order valence-electron chi connectivity index (χ1n) is 9.99. The van der Waals surface area contributed by atoms with Gasteiger partial charge in [0.15, 0.2) is 0 Å². The third kappa shape index (κ3) is 5.44. The molecule has 1 aromatic carbocycles. The highest BCUT2D eigenvalue weighted by molar-refractivity contribution is 6.42. The van der Waals surface area contributed by atoms with Gasteiger partial charge in [0.25, 0.3) is 0 Å². The minimum atomic E-state index is 0.170. The summed E-state index contributed by atoms with van der Waals surface area (Å²) in [7, 11) is 0. The summed E-state index contributed by atoms with van der Waals surface area (Å²) in [5.41, 5.74) is 2.90. The van der Waals surface area contributed by atoms with Crippen LogP contribution in [0.2, 0.25) is 10.0 Å². The van der Waals surface area contributed by atoms with E-state index in [4.69, 9.17) is 27.9 Å². The zero-order valence-electron chi connectivity index (χ0n) is 17.3. The molecule has 158 valence electrons. The van der Waals surface area contributed by atoms with Gasteiger partial charge in [0, 0.05) is 44.4 Å². The van der Waals surface area contributed by atoms with Gasteiger partial charge in [-0.25, -0.2) is 4.68 Å². The Morgan fingerprint density at radius 3 is 2.48 bits per heavy atom. The standard InChI is InChI=1S/C21H28Cl2N4O2/c1-15-16(2)27(18-6-7-19(22)20(23)14-18)24-21(15)29-13-5-4-8-25-9-11-26(12-10-25)17(3)28/h6-7,14H,4-5,8-13H2,1-3H3. The summed E-state index contributed by atoms with van der Waals surface area (Å²) < 4.78 is 7.78. The topological polar surface area (TPSA) is 50.6 Å². The van der Waals surface area contributed by atoms with Crippen LogP contribution in [-0.4, -0.2) is 64.8 Å². The van der Waals surface area contributed by atoms with Crippen molar-refractivity contribution in [2.75, 3.05) is 39.3 Å². The quantitative estimate of drug-likeness (QED) is 0.610. The van der Waals surface area contributed by atoms with E-state index in [2.05, 4.69) is 10.00 Å². The SMILES string of the molecule is CC(=O)N1CCN(CCCCOc2nn(-c3ccc(Cl)c(Cl)c3)c(C)c2C)CC1. The van der Waals surface area contributed by atoms with E-state index < -0.39 is 0 Å². The minimum absolute atomic E-state index is 0.170. The van der Waals surface area contributed by atoms with Gasteiger partial charge in [-0.1, -0.05) is 23.2 Å². The van der Waals surface area contributed by atoms with Crippen LogP contribution in [0.15, 0.2) is 18.2 Å². The van der Waals surface area contributed by atoms with Crippen LogP contribution in [0.5, 0.6) is 5.88 Å². The van der Waals surface area contributed by atoms with Gasteiger partial charge in [-0.05, 0) is 51.4 Å². The van der Waals surface area contributed by atoms with Crippen molar-refractivity contribution < 1.29 is 9.53 Å². The van der Waals surface area contributed by atoms with Gasteiger partial charge >= 0.3 is 0 Å². The van der Waals surface area contributed by atoms with Crippen molar-refractivity contribution in [3.8, 4) is 11.6 Å². The second kappa shape index (κ2) is 9.83. The molecule has 0 radical (unpaired) electrons. The maximum absolute atomic E-state index is 11.4. The first-order valence-corrected chi connectivity index (χ1v) is 10.7. The molecule has 29 heavy (non-hydrogen) atoms.